The number of aliphatic hydroxyl groups excluding tert-OH is 2. The first kappa shape index (κ1) is 30.3. The van der Waals surface area contributed by atoms with Gasteiger partial charge in [0.1, 0.15) is 11.4 Å². The number of nitrogens with one attached hydrogen (secondary N) is 1. The zero-order valence-corrected chi connectivity index (χ0v) is 26.1. The Bertz CT molecular complexity index is 1610. The standard InChI is InChI=1S/C37H44FN3O4/c1-35-19-24-21-39-41(28-13-10-26(38)11-14-28)31(24)18-25(35)9-15-29-30-16-17-37(45,36(30,2)20-32(43)33(29)35)34(44)40-27(22-42)12-8-23-6-4-3-5-7-23/h3-7,10-11,13-14,18,21,27,29-30,32-33,42-43,45H,8-9,12,15-17,19-20,22H2,1-2H3,(H,40,44). The number of fused-ring (bicyclic) bond motifs is 6. The molecule has 8 atom stereocenters. The van der Waals surface area contributed by atoms with E-state index in [9.17, 15) is 24.5 Å². The van der Waals surface area contributed by atoms with Crippen molar-refractivity contribution in [3.8, 4) is 5.69 Å². The number of aromatic nitrogens is 2. The molecule has 0 spiro atoms. The number of benzene rings is 2. The molecule has 3 aromatic rings. The van der Waals surface area contributed by atoms with E-state index >= 15 is 0 Å². The van der Waals surface area contributed by atoms with Gasteiger partial charge in [-0.3, -0.25) is 4.79 Å². The zero-order chi connectivity index (χ0) is 31.6. The van der Waals surface area contributed by atoms with Gasteiger partial charge in [-0.2, -0.15) is 5.10 Å². The van der Waals surface area contributed by atoms with Crippen LogP contribution in [0.25, 0.3) is 11.8 Å². The van der Waals surface area contributed by atoms with Crippen molar-refractivity contribution in [2.24, 2.45) is 28.6 Å². The lowest BCUT2D eigenvalue weighted by Gasteiger charge is -2.60. The first-order chi connectivity index (χ1) is 21.6. The molecule has 4 aliphatic carbocycles. The van der Waals surface area contributed by atoms with Crippen molar-refractivity contribution in [2.75, 3.05) is 6.61 Å². The highest BCUT2D eigenvalue weighted by molar-refractivity contribution is 5.87. The summed E-state index contributed by atoms with van der Waals surface area (Å²) >= 11 is 0. The fourth-order valence-corrected chi connectivity index (χ4v) is 9.85. The van der Waals surface area contributed by atoms with Gasteiger partial charge < -0.3 is 20.6 Å². The van der Waals surface area contributed by atoms with Gasteiger partial charge in [-0.25, -0.2) is 9.07 Å². The number of hydrogen-bond donors (Lipinski definition) is 4. The molecule has 7 rings (SSSR count). The maximum atomic E-state index is 13.8. The Kier molecular flexibility index (Phi) is 7.53. The highest BCUT2D eigenvalue weighted by Gasteiger charge is 2.68. The monoisotopic (exact) mass is 613 g/mol. The summed E-state index contributed by atoms with van der Waals surface area (Å²) < 4.78 is 15.5. The lowest BCUT2D eigenvalue weighted by atomic mass is 9.45. The second-order valence-electron chi connectivity index (χ2n) is 14.5. The number of carbonyl (C=O) groups is 1. The number of aryl methyl sites for hydroxylation is 1. The van der Waals surface area contributed by atoms with Crippen LogP contribution >= 0.6 is 0 Å². The van der Waals surface area contributed by atoms with Crippen LogP contribution in [0.3, 0.4) is 0 Å². The van der Waals surface area contributed by atoms with Crippen molar-refractivity contribution < 1.29 is 24.5 Å². The van der Waals surface area contributed by atoms with Crippen molar-refractivity contribution in [3.63, 3.8) is 0 Å². The summed E-state index contributed by atoms with van der Waals surface area (Å²) in [6.07, 6.45) is 8.67. The summed E-state index contributed by atoms with van der Waals surface area (Å²) in [6.45, 7) is 4.07. The second-order valence-corrected chi connectivity index (χ2v) is 14.5. The zero-order valence-electron chi connectivity index (χ0n) is 26.1. The van der Waals surface area contributed by atoms with E-state index in [-0.39, 0.29) is 35.6 Å². The molecule has 2 aromatic carbocycles. The number of aliphatic hydroxyl groups is 3. The SMILES string of the molecule is CC12Cc3cnn(-c4ccc(F)cc4)c3C=C1CCC1C2C(O)CC2(C)C1CCC2(O)C(=O)NC(CO)CCc1ccccc1. The number of rotatable bonds is 7. The van der Waals surface area contributed by atoms with Crippen LogP contribution in [0.1, 0.15) is 69.2 Å². The molecular formula is C37H44FN3O4. The summed E-state index contributed by atoms with van der Waals surface area (Å²) in [5.74, 6) is -0.443. The van der Waals surface area contributed by atoms with Gasteiger partial charge in [-0.05, 0) is 116 Å². The Labute approximate surface area is 264 Å². The predicted molar refractivity (Wildman–Crippen MR) is 170 cm³/mol. The van der Waals surface area contributed by atoms with E-state index in [0.717, 1.165) is 48.2 Å². The fourth-order valence-electron chi connectivity index (χ4n) is 9.85. The minimum Gasteiger partial charge on any atom is -0.394 e. The molecule has 8 unspecified atom stereocenters. The van der Waals surface area contributed by atoms with Gasteiger partial charge in [0.25, 0.3) is 5.91 Å². The first-order valence-corrected chi connectivity index (χ1v) is 16.5. The molecule has 4 aliphatic rings. The largest absolute Gasteiger partial charge is 0.394 e. The minimum atomic E-state index is -1.61. The predicted octanol–water partition coefficient (Wildman–Crippen LogP) is 5.01. The Balaban J connectivity index is 1.11. The van der Waals surface area contributed by atoms with Gasteiger partial charge in [-0.15, -0.1) is 0 Å². The van der Waals surface area contributed by atoms with Gasteiger partial charge >= 0.3 is 0 Å². The molecule has 238 valence electrons. The van der Waals surface area contributed by atoms with Crippen molar-refractivity contribution in [1.82, 2.24) is 15.1 Å². The third-order valence-electron chi connectivity index (χ3n) is 12.2. The molecule has 1 amide bonds. The first-order valence-electron chi connectivity index (χ1n) is 16.5. The maximum Gasteiger partial charge on any atom is 0.252 e. The molecule has 3 fully saturated rings. The molecule has 0 bridgehead atoms. The fraction of sp³-hybridized carbons (Fsp3) is 0.514. The molecule has 0 saturated heterocycles. The molecule has 45 heavy (non-hydrogen) atoms. The lowest BCUT2D eigenvalue weighted by Crippen LogP contribution is -2.64. The Morgan fingerprint density at radius 2 is 1.89 bits per heavy atom. The van der Waals surface area contributed by atoms with E-state index in [0.29, 0.717) is 25.7 Å². The Morgan fingerprint density at radius 1 is 1.13 bits per heavy atom. The summed E-state index contributed by atoms with van der Waals surface area (Å²) in [5.41, 5.74) is 2.72. The number of allylic oxidation sites excluding steroid dienone is 1. The van der Waals surface area contributed by atoms with E-state index in [1.54, 1.807) is 12.1 Å². The molecule has 3 saturated carbocycles. The summed E-state index contributed by atoms with van der Waals surface area (Å²) in [6, 6.07) is 15.9. The summed E-state index contributed by atoms with van der Waals surface area (Å²) in [5, 5.41) is 41.9. The number of halogens is 1. The number of nitrogens with zero attached hydrogens (tertiary/aromatic N) is 2. The molecule has 7 nitrogen and oxygen atoms in total. The van der Waals surface area contributed by atoms with Crippen LogP contribution in [0.5, 0.6) is 0 Å². The highest BCUT2D eigenvalue weighted by Crippen LogP contribution is 2.67. The molecule has 0 radical (unpaired) electrons. The third-order valence-corrected chi connectivity index (χ3v) is 12.2. The van der Waals surface area contributed by atoms with Crippen LogP contribution < -0.4 is 5.32 Å². The molecular weight excluding hydrogens is 569 g/mol. The van der Waals surface area contributed by atoms with Crippen molar-refractivity contribution >= 4 is 12.0 Å². The van der Waals surface area contributed by atoms with Gasteiger partial charge in [0.05, 0.1) is 36.3 Å². The number of amides is 1. The van der Waals surface area contributed by atoms with Crippen LogP contribution in [0, 0.1) is 34.4 Å². The average Bonchev–Trinajstić information content (AvgIpc) is 3.55. The Hall–Kier alpha value is -3.33. The van der Waals surface area contributed by atoms with E-state index in [1.165, 1.54) is 17.7 Å². The summed E-state index contributed by atoms with van der Waals surface area (Å²) in [7, 11) is 0. The van der Waals surface area contributed by atoms with Crippen molar-refractivity contribution in [2.45, 2.75) is 83.0 Å². The van der Waals surface area contributed by atoms with Crippen LogP contribution in [0.2, 0.25) is 0 Å². The maximum absolute atomic E-state index is 13.8. The van der Waals surface area contributed by atoms with Gasteiger partial charge in [-0.1, -0.05) is 49.8 Å². The third kappa shape index (κ3) is 4.79. The van der Waals surface area contributed by atoms with Gasteiger partial charge in [0.2, 0.25) is 0 Å². The van der Waals surface area contributed by atoms with Gasteiger partial charge in [0, 0.05) is 5.41 Å². The van der Waals surface area contributed by atoms with E-state index in [4.69, 9.17) is 0 Å². The van der Waals surface area contributed by atoms with Crippen molar-refractivity contribution in [1.29, 1.82) is 0 Å². The van der Waals surface area contributed by atoms with Crippen molar-refractivity contribution in [3.05, 3.63) is 89.0 Å². The van der Waals surface area contributed by atoms with Crippen LogP contribution in [-0.4, -0.2) is 55.4 Å². The molecule has 1 heterocycles. The smallest absolute Gasteiger partial charge is 0.252 e. The van der Waals surface area contributed by atoms with E-state index < -0.39 is 29.1 Å². The summed E-state index contributed by atoms with van der Waals surface area (Å²) in [4.78, 5) is 13.8. The average molecular weight is 614 g/mol. The molecule has 0 aliphatic heterocycles. The van der Waals surface area contributed by atoms with Crippen LogP contribution in [-0.2, 0) is 17.6 Å². The quantitative estimate of drug-likeness (QED) is 0.300. The number of carbonyl (C=O) groups excluding carboxylic acids is 1. The van der Waals surface area contributed by atoms with E-state index in [1.807, 2.05) is 48.1 Å². The molecule has 8 heteroatoms. The topological polar surface area (TPSA) is 108 Å². The van der Waals surface area contributed by atoms with Crippen LogP contribution in [0.15, 0.2) is 66.4 Å². The Morgan fingerprint density at radius 3 is 2.62 bits per heavy atom. The number of hydrogen-bond acceptors (Lipinski definition) is 5. The highest BCUT2D eigenvalue weighted by atomic mass is 19.1. The second kappa shape index (κ2) is 11.2. The molecule has 4 N–H and O–H groups in total. The lowest BCUT2D eigenvalue weighted by molar-refractivity contribution is -0.181. The van der Waals surface area contributed by atoms with Gasteiger partial charge in [0.15, 0.2) is 0 Å². The molecule has 1 aromatic heterocycles. The van der Waals surface area contributed by atoms with E-state index in [2.05, 4.69) is 23.4 Å². The minimum absolute atomic E-state index is 0.000583. The normalized spacial score (nSPS) is 34.1. The van der Waals surface area contributed by atoms with Crippen LogP contribution in [0.4, 0.5) is 4.39 Å².